The molecule has 23 heavy (non-hydrogen) atoms. The molecule has 0 bridgehead atoms. The van der Waals surface area contributed by atoms with Crippen LogP contribution in [0, 0.1) is 6.92 Å². The fraction of sp³-hybridized carbons (Fsp3) is 0.412. The number of aryl methyl sites for hydroxylation is 2. The second kappa shape index (κ2) is 5.65. The van der Waals surface area contributed by atoms with Gasteiger partial charge in [-0.3, -0.25) is 4.40 Å². The van der Waals surface area contributed by atoms with Gasteiger partial charge in [0.1, 0.15) is 0 Å². The lowest BCUT2D eigenvalue weighted by Gasteiger charge is -2.28. The number of fused-ring (bicyclic) bond motifs is 3. The topological polar surface area (TPSA) is 45.5 Å². The molecule has 6 heteroatoms. The minimum Gasteiger partial charge on any atom is -0.351 e. The summed E-state index contributed by atoms with van der Waals surface area (Å²) in [6.07, 6.45) is 0.913. The van der Waals surface area contributed by atoms with Gasteiger partial charge in [0, 0.05) is 36.9 Å². The molecule has 1 aliphatic rings. The third kappa shape index (κ3) is 2.35. The minimum absolute atomic E-state index is 0.724. The van der Waals surface area contributed by atoms with Crippen LogP contribution < -0.4 is 10.2 Å². The standard InChI is InChI=1S/C17H20ClN5/c1-3-13-11(2)23-15-10-12(18)4-5-14(15)21-16(17(23)20-13)22-8-6-19-7-9-22/h4-5,10,19H,3,6-9H2,1-2H3. The van der Waals surface area contributed by atoms with E-state index in [9.17, 15) is 0 Å². The van der Waals surface area contributed by atoms with Crippen molar-refractivity contribution in [2.75, 3.05) is 31.1 Å². The summed E-state index contributed by atoms with van der Waals surface area (Å²) in [5.41, 5.74) is 5.22. The van der Waals surface area contributed by atoms with Crippen LogP contribution in [0.3, 0.4) is 0 Å². The normalized spacial score (nSPS) is 15.7. The number of hydrogen-bond acceptors (Lipinski definition) is 4. The molecule has 1 aromatic carbocycles. The number of nitrogens with one attached hydrogen (secondary N) is 1. The Morgan fingerprint density at radius 2 is 2.00 bits per heavy atom. The quantitative estimate of drug-likeness (QED) is 0.785. The first-order valence-corrected chi connectivity index (χ1v) is 8.49. The highest BCUT2D eigenvalue weighted by Gasteiger charge is 2.21. The average molecular weight is 330 g/mol. The molecule has 0 radical (unpaired) electrons. The van der Waals surface area contributed by atoms with Gasteiger partial charge in [0.2, 0.25) is 0 Å². The van der Waals surface area contributed by atoms with Gasteiger partial charge in [-0.1, -0.05) is 18.5 Å². The zero-order valence-electron chi connectivity index (χ0n) is 13.4. The second-order valence-corrected chi connectivity index (χ2v) is 6.40. The smallest absolute Gasteiger partial charge is 0.181 e. The van der Waals surface area contributed by atoms with Crippen molar-refractivity contribution < 1.29 is 0 Å². The van der Waals surface area contributed by atoms with E-state index in [0.29, 0.717) is 0 Å². The Morgan fingerprint density at radius 1 is 1.22 bits per heavy atom. The van der Waals surface area contributed by atoms with Crippen molar-refractivity contribution in [2.45, 2.75) is 20.3 Å². The molecule has 1 N–H and O–H groups in total. The van der Waals surface area contributed by atoms with Crippen molar-refractivity contribution in [2.24, 2.45) is 0 Å². The van der Waals surface area contributed by atoms with Crippen LogP contribution in [-0.4, -0.2) is 40.5 Å². The molecule has 0 saturated carbocycles. The number of imidazole rings is 1. The molecule has 3 heterocycles. The molecule has 1 saturated heterocycles. The Balaban J connectivity index is 2.06. The van der Waals surface area contributed by atoms with E-state index in [0.717, 1.165) is 65.8 Å². The van der Waals surface area contributed by atoms with E-state index in [1.165, 1.54) is 5.69 Å². The van der Waals surface area contributed by atoms with Crippen LogP contribution in [-0.2, 0) is 6.42 Å². The van der Waals surface area contributed by atoms with E-state index in [4.69, 9.17) is 21.6 Å². The first kappa shape index (κ1) is 14.7. The van der Waals surface area contributed by atoms with Crippen molar-refractivity contribution in [3.05, 3.63) is 34.6 Å². The fourth-order valence-corrected chi connectivity index (χ4v) is 3.52. The van der Waals surface area contributed by atoms with Crippen LogP contribution in [0.5, 0.6) is 0 Å². The number of piperazine rings is 1. The van der Waals surface area contributed by atoms with E-state index in [-0.39, 0.29) is 0 Å². The molecule has 0 unspecified atom stereocenters. The monoisotopic (exact) mass is 329 g/mol. The summed E-state index contributed by atoms with van der Waals surface area (Å²) in [6, 6.07) is 5.87. The van der Waals surface area contributed by atoms with Gasteiger partial charge in [0.05, 0.1) is 16.7 Å². The zero-order chi connectivity index (χ0) is 16.0. The summed E-state index contributed by atoms with van der Waals surface area (Å²) in [7, 11) is 0. The Labute approximate surface area is 140 Å². The number of aromatic nitrogens is 3. The molecule has 0 spiro atoms. The van der Waals surface area contributed by atoms with Crippen LogP contribution >= 0.6 is 11.6 Å². The van der Waals surface area contributed by atoms with Gasteiger partial charge >= 0.3 is 0 Å². The van der Waals surface area contributed by atoms with Crippen molar-refractivity contribution in [3.63, 3.8) is 0 Å². The van der Waals surface area contributed by atoms with Gasteiger partial charge in [-0.15, -0.1) is 0 Å². The molecule has 1 aliphatic heterocycles. The van der Waals surface area contributed by atoms with Crippen molar-refractivity contribution in [3.8, 4) is 0 Å². The van der Waals surface area contributed by atoms with E-state index in [1.807, 2.05) is 18.2 Å². The second-order valence-electron chi connectivity index (χ2n) is 5.96. The largest absolute Gasteiger partial charge is 0.351 e. The molecule has 2 aromatic heterocycles. The summed E-state index contributed by atoms with van der Waals surface area (Å²) in [6.45, 7) is 8.13. The van der Waals surface area contributed by atoms with Gasteiger partial charge in [-0.05, 0) is 31.5 Å². The predicted molar refractivity (Wildman–Crippen MR) is 94.7 cm³/mol. The van der Waals surface area contributed by atoms with Crippen molar-refractivity contribution >= 4 is 34.1 Å². The molecule has 120 valence electrons. The third-order valence-electron chi connectivity index (χ3n) is 4.56. The predicted octanol–water partition coefficient (Wildman–Crippen LogP) is 2.82. The molecule has 0 atom stereocenters. The number of nitrogens with zero attached hydrogens (tertiary/aromatic N) is 4. The molecular formula is C17H20ClN5. The maximum atomic E-state index is 6.22. The average Bonchev–Trinajstić information content (AvgIpc) is 2.92. The van der Waals surface area contributed by atoms with Crippen LogP contribution in [0.15, 0.2) is 18.2 Å². The Hall–Kier alpha value is -1.85. The van der Waals surface area contributed by atoms with E-state index < -0.39 is 0 Å². The van der Waals surface area contributed by atoms with E-state index >= 15 is 0 Å². The molecule has 5 nitrogen and oxygen atoms in total. The van der Waals surface area contributed by atoms with Crippen molar-refractivity contribution in [1.82, 2.24) is 19.7 Å². The summed E-state index contributed by atoms with van der Waals surface area (Å²) in [5.74, 6) is 0.976. The lowest BCUT2D eigenvalue weighted by molar-refractivity contribution is 0.586. The van der Waals surface area contributed by atoms with Gasteiger partial charge in [-0.25, -0.2) is 9.97 Å². The number of rotatable bonds is 2. The van der Waals surface area contributed by atoms with Crippen LogP contribution in [0.2, 0.25) is 5.02 Å². The van der Waals surface area contributed by atoms with Crippen LogP contribution in [0.25, 0.3) is 16.7 Å². The first-order valence-electron chi connectivity index (χ1n) is 8.12. The van der Waals surface area contributed by atoms with Gasteiger partial charge in [0.25, 0.3) is 0 Å². The molecule has 1 fully saturated rings. The maximum Gasteiger partial charge on any atom is 0.181 e. The molecule has 0 amide bonds. The number of anilines is 1. The van der Waals surface area contributed by atoms with Gasteiger partial charge in [0.15, 0.2) is 11.5 Å². The van der Waals surface area contributed by atoms with E-state index in [1.54, 1.807) is 0 Å². The summed E-state index contributed by atoms with van der Waals surface area (Å²) in [5, 5.41) is 4.11. The van der Waals surface area contributed by atoms with Gasteiger partial charge in [-0.2, -0.15) is 0 Å². The number of benzene rings is 1. The third-order valence-corrected chi connectivity index (χ3v) is 4.80. The zero-order valence-corrected chi connectivity index (χ0v) is 14.2. The fourth-order valence-electron chi connectivity index (χ4n) is 3.35. The SMILES string of the molecule is CCc1nc2c(N3CCNCC3)nc3ccc(Cl)cc3n2c1C. The van der Waals surface area contributed by atoms with Crippen molar-refractivity contribution in [1.29, 1.82) is 0 Å². The lowest BCUT2D eigenvalue weighted by atomic mass is 10.2. The lowest BCUT2D eigenvalue weighted by Crippen LogP contribution is -2.44. The Bertz CT molecular complexity index is 880. The molecular weight excluding hydrogens is 310 g/mol. The first-order chi connectivity index (χ1) is 11.2. The maximum absolute atomic E-state index is 6.22. The number of hydrogen-bond donors (Lipinski definition) is 1. The summed E-state index contributed by atoms with van der Waals surface area (Å²) < 4.78 is 2.21. The van der Waals surface area contributed by atoms with Crippen LogP contribution in [0.1, 0.15) is 18.3 Å². The highest BCUT2D eigenvalue weighted by molar-refractivity contribution is 6.31. The van der Waals surface area contributed by atoms with E-state index in [2.05, 4.69) is 28.5 Å². The summed E-state index contributed by atoms with van der Waals surface area (Å²) >= 11 is 6.22. The van der Waals surface area contributed by atoms with Crippen LogP contribution in [0.4, 0.5) is 5.82 Å². The summed E-state index contributed by atoms with van der Waals surface area (Å²) in [4.78, 5) is 12.1. The molecule has 3 aromatic rings. The number of halogens is 1. The minimum atomic E-state index is 0.724. The molecule has 0 aliphatic carbocycles. The highest BCUT2D eigenvalue weighted by atomic mass is 35.5. The Morgan fingerprint density at radius 3 is 2.74 bits per heavy atom. The molecule has 4 rings (SSSR count). The highest BCUT2D eigenvalue weighted by Crippen LogP contribution is 2.29. The van der Waals surface area contributed by atoms with Gasteiger partial charge < -0.3 is 10.2 Å². The Kier molecular flexibility index (Phi) is 3.62.